The number of aromatic hydroxyl groups is 1. The van der Waals surface area contributed by atoms with Crippen molar-refractivity contribution in [3.05, 3.63) is 53.8 Å². The number of fused-ring (bicyclic) bond motifs is 1. The van der Waals surface area contributed by atoms with Gasteiger partial charge in [0.15, 0.2) is 5.88 Å². The number of piperazine rings is 1. The van der Waals surface area contributed by atoms with Gasteiger partial charge < -0.3 is 15.0 Å². The number of hydrogen-bond acceptors (Lipinski definition) is 4. The molecule has 0 aliphatic carbocycles. The average Bonchev–Trinajstić information content (AvgIpc) is 3.03. The van der Waals surface area contributed by atoms with Crippen molar-refractivity contribution < 1.29 is 9.50 Å². The molecular formula is C22H25FN4O. The van der Waals surface area contributed by atoms with Crippen molar-refractivity contribution in [2.75, 3.05) is 31.1 Å². The molecule has 1 aromatic heterocycles. The fourth-order valence-electron chi connectivity index (χ4n) is 3.73. The minimum Gasteiger partial charge on any atom is -0.494 e. The third-order valence-corrected chi connectivity index (χ3v) is 5.39. The Morgan fingerprint density at radius 2 is 1.79 bits per heavy atom. The number of anilines is 1. The third kappa shape index (κ3) is 3.60. The number of rotatable bonds is 4. The molecule has 2 N–H and O–H groups in total. The molecule has 3 aromatic rings. The van der Waals surface area contributed by atoms with E-state index in [2.05, 4.69) is 45.8 Å². The molecule has 0 amide bonds. The van der Waals surface area contributed by atoms with Crippen LogP contribution in [-0.4, -0.2) is 53.4 Å². The summed E-state index contributed by atoms with van der Waals surface area (Å²) in [5, 5.41) is 10.4. The van der Waals surface area contributed by atoms with Crippen LogP contribution in [0, 0.1) is 5.82 Å². The Balaban J connectivity index is 1.49. The van der Waals surface area contributed by atoms with Crippen molar-refractivity contribution in [3.63, 3.8) is 0 Å². The molecule has 146 valence electrons. The maximum absolute atomic E-state index is 14.1. The third-order valence-electron chi connectivity index (χ3n) is 5.39. The molecule has 1 aliphatic rings. The van der Waals surface area contributed by atoms with Gasteiger partial charge in [-0.05, 0) is 50.2 Å². The Hall–Kier alpha value is -2.86. The van der Waals surface area contributed by atoms with E-state index in [4.69, 9.17) is 0 Å². The van der Waals surface area contributed by atoms with Gasteiger partial charge in [-0.1, -0.05) is 6.07 Å². The van der Waals surface area contributed by atoms with Gasteiger partial charge in [-0.25, -0.2) is 4.39 Å². The van der Waals surface area contributed by atoms with Crippen molar-refractivity contribution >= 4 is 28.5 Å². The monoisotopic (exact) mass is 380 g/mol. The van der Waals surface area contributed by atoms with E-state index in [1.165, 1.54) is 18.0 Å². The van der Waals surface area contributed by atoms with Gasteiger partial charge in [-0.3, -0.25) is 9.89 Å². The van der Waals surface area contributed by atoms with Gasteiger partial charge in [0.25, 0.3) is 0 Å². The Morgan fingerprint density at radius 3 is 2.46 bits per heavy atom. The zero-order chi connectivity index (χ0) is 19.7. The molecule has 1 saturated heterocycles. The number of nitrogens with zero attached hydrogens (tertiary/aromatic N) is 3. The van der Waals surface area contributed by atoms with Gasteiger partial charge in [-0.2, -0.15) is 0 Å². The van der Waals surface area contributed by atoms with Crippen molar-refractivity contribution in [2.45, 2.75) is 19.9 Å². The van der Waals surface area contributed by atoms with Gasteiger partial charge in [0.1, 0.15) is 5.82 Å². The quantitative estimate of drug-likeness (QED) is 0.664. The summed E-state index contributed by atoms with van der Waals surface area (Å²) in [6.45, 7) is 8.65. The van der Waals surface area contributed by atoms with Crippen LogP contribution in [0.5, 0.6) is 5.88 Å². The average molecular weight is 380 g/mol. The molecule has 28 heavy (non-hydrogen) atoms. The Bertz CT molecular complexity index is 986. The van der Waals surface area contributed by atoms with Gasteiger partial charge in [0.2, 0.25) is 0 Å². The van der Waals surface area contributed by atoms with Crippen LogP contribution >= 0.6 is 0 Å². The second-order valence-corrected chi connectivity index (χ2v) is 7.44. The molecule has 6 heteroatoms. The summed E-state index contributed by atoms with van der Waals surface area (Å²) in [6, 6.07) is 13.3. The molecule has 2 heterocycles. The molecular weight excluding hydrogens is 355 g/mol. The normalized spacial score (nSPS) is 15.9. The summed E-state index contributed by atoms with van der Waals surface area (Å²) in [5.41, 5.74) is 2.86. The van der Waals surface area contributed by atoms with Gasteiger partial charge in [0.05, 0.1) is 16.8 Å². The van der Waals surface area contributed by atoms with Crippen molar-refractivity contribution in [1.29, 1.82) is 0 Å². The molecule has 0 spiro atoms. The van der Waals surface area contributed by atoms with Gasteiger partial charge >= 0.3 is 0 Å². The molecule has 0 radical (unpaired) electrons. The molecule has 0 saturated carbocycles. The lowest BCUT2D eigenvalue weighted by Crippen LogP contribution is -2.48. The van der Waals surface area contributed by atoms with Crippen LogP contribution in [0.25, 0.3) is 10.9 Å². The second kappa shape index (κ2) is 7.64. The standard InChI is InChI=1S/C22H25FN4O/c1-15(2)26-10-12-27(13-11-26)17-8-6-16(7-9-17)24-14-18-21-19(23)4-3-5-20(21)25-22(18)28/h3-9,14-15,25,28H,10-13H2,1-2H3. The summed E-state index contributed by atoms with van der Waals surface area (Å²) in [6.07, 6.45) is 1.51. The number of aliphatic imine (C=N–C) groups is 1. The summed E-state index contributed by atoms with van der Waals surface area (Å²) >= 11 is 0. The van der Waals surface area contributed by atoms with Crippen LogP contribution in [-0.2, 0) is 0 Å². The SMILES string of the molecule is CC(C)N1CCN(c2ccc(N=Cc3c(O)[nH]c4cccc(F)c34)cc2)CC1. The van der Waals surface area contributed by atoms with Crippen LogP contribution in [0.4, 0.5) is 15.8 Å². The topological polar surface area (TPSA) is 54.9 Å². The summed E-state index contributed by atoms with van der Waals surface area (Å²) in [4.78, 5) is 12.1. The minimum absolute atomic E-state index is 0.0801. The van der Waals surface area contributed by atoms with Gasteiger partial charge in [0, 0.05) is 49.5 Å². The molecule has 0 atom stereocenters. The van der Waals surface area contributed by atoms with E-state index in [9.17, 15) is 9.50 Å². The van der Waals surface area contributed by atoms with E-state index in [1.807, 2.05) is 12.1 Å². The Kier molecular flexibility index (Phi) is 5.05. The Labute approximate surface area is 164 Å². The summed E-state index contributed by atoms with van der Waals surface area (Å²) in [5.74, 6) is -0.463. The molecule has 0 bridgehead atoms. The maximum atomic E-state index is 14.1. The van der Waals surface area contributed by atoms with Crippen molar-refractivity contribution in [2.24, 2.45) is 4.99 Å². The highest BCUT2D eigenvalue weighted by Gasteiger charge is 2.18. The summed E-state index contributed by atoms with van der Waals surface area (Å²) in [7, 11) is 0. The van der Waals surface area contributed by atoms with E-state index in [0.29, 0.717) is 22.5 Å². The number of H-pyrrole nitrogens is 1. The number of hydrogen-bond donors (Lipinski definition) is 2. The largest absolute Gasteiger partial charge is 0.494 e. The fourth-order valence-corrected chi connectivity index (χ4v) is 3.73. The first-order chi connectivity index (χ1) is 13.5. The van der Waals surface area contributed by atoms with Crippen LogP contribution in [0.3, 0.4) is 0 Å². The number of nitrogens with one attached hydrogen (secondary N) is 1. The van der Waals surface area contributed by atoms with Crippen molar-refractivity contribution in [3.8, 4) is 5.88 Å². The van der Waals surface area contributed by atoms with Gasteiger partial charge in [-0.15, -0.1) is 0 Å². The lowest BCUT2D eigenvalue weighted by atomic mass is 10.1. The van der Waals surface area contributed by atoms with E-state index >= 15 is 0 Å². The first-order valence-corrected chi connectivity index (χ1v) is 9.65. The predicted molar refractivity (Wildman–Crippen MR) is 113 cm³/mol. The van der Waals surface area contributed by atoms with Crippen LogP contribution < -0.4 is 4.90 Å². The maximum Gasteiger partial charge on any atom is 0.198 e. The molecule has 2 aromatic carbocycles. The van der Waals surface area contributed by atoms with E-state index in [1.54, 1.807) is 12.1 Å². The predicted octanol–water partition coefficient (Wildman–Crippen LogP) is 4.29. The lowest BCUT2D eigenvalue weighted by Gasteiger charge is -2.38. The highest BCUT2D eigenvalue weighted by atomic mass is 19.1. The van der Waals surface area contributed by atoms with E-state index in [0.717, 1.165) is 31.9 Å². The summed E-state index contributed by atoms with van der Waals surface area (Å²) < 4.78 is 14.1. The van der Waals surface area contributed by atoms with Crippen LogP contribution in [0.15, 0.2) is 47.5 Å². The van der Waals surface area contributed by atoms with Crippen molar-refractivity contribution in [1.82, 2.24) is 9.88 Å². The lowest BCUT2D eigenvalue weighted by molar-refractivity contribution is 0.209. The molecule has 5 nitrogen and oxygen atoms in total. The number of aromatic amines is 1. The molecule has 1 fully saturated rings. The second-order valence-electron chi connectivity index (χ2n) is 7.44. The highest BCUT2D eigenvalue weighted by Crippen LogP contribution is 2.29. The van der Waals surface area contributed by atoms with Crippen LogP contribution in [0.2, 0.25) is 0 Å². The minimum atomic E-state index is -0.383. The number of aromatic nitrogens is 1. The number of halogens is 1. The zero-order valence-electron chi connectivity index (χ0n) is 16.2. The molecule has 0 unspecified atom stereocenters. The Morgan fingerprint density at radius 1 is 1.07 bits per heavy atom. The fraction of sp³-hybridized carbons (Fsp3) is 0.318. The smallest absolute Gasteiger partial charge is 0.198 e. The highest BCUT2D eigenvalue weighted by molar-refractivity contribution is 6.02. The molecule has 1 aliphatic heterocycles. The van der Waals surface area contributed by atoms with Crippen LogP contribution in [0.1, 0.15) is 19.4 Å². The van der Waals surface area contributed by atoms with E-state index < -0.39 is 0 Å². The zero-order valence-corrected chi connectivity index (χ0v) is 16.2. The molecule has 4 rings (SSSR count). The first kappa shape index (κ1) is 18.5. The first-order valence-electron chi connectivity index (χ1n) is 9.65. The number of benzene rings is 2. The van der Waals surface area contributed by atoms with E-state index in [-0.39, 0.29) is 11.7 Å².